The van der Waals surface area contributed by atoms with Crippen LogP contribution in [0.2, 0.25) is 0 Å². The molecule has 2 aromatic heterocycles. The minimum Gasteiger partial charge on any atom is -0.369 e. The smallest absolute Gasteiger partial charge is 0.258 e. The Labute approximate surface area is 345 Å². The number of aliphatic imine (C=N–C) groups is 1. The van der Waals surface area contributed by atoms with Crippen LogP contribution < -0.4 is 5.56 Å². The Kier molecular flexibility index (Phi) is 12.9. The van der Waals surface area contributed by atoms with Gasteiger partial charge >= 0.3 is 0 Å². The number of aryl methyl sites for hydroxylation is 1. The van der Waals surface area contributed by atoms with Crippen molar-refractivity contribution in [2.24, 2.45) is 4.99 Å². The van der Waals surface area contributed by atoms with Crippen molar-refractivity contribution in [2.75, 3.05) is 28.3 Å². The molecule has 7 aromatic rings. The summed E-state index contributed by atoms with van der Waals surface area (Å²) in [6.45, 7) is 2.28. The first-order chi connectivity index (χ1) is 28.9. The number of hydrogen-bond donors (Lipinski definition) is 0. The lowest BCUT2D eigenvalue weighted by Gasteiger charge is -2.36. The second kappa shape index (κ2) is 18.8. The number of methoxy groups -OCH3 is 2. The average Bonchev–Trinajstić information content (AvgIpc) is 3.77. The molecule has 0 aliphatic carbocycles. The molecule has 0 aliphatic heterocycles. The zero-order valence-electron chi connectivity index (χ0n) is 34.3. The molecule has 0 spiro atoms. The van der Waals surface area contributed by atoms with Gasteiger partial charge < -0.3 is 14.4 Å². The standard InChI is InChI=1S/C48H50N8O3/c1-6-7-27-43-42(46(57)55(33-44(58-4)59-5)47(50-43)49-34-54(2)3)32-35-28-30-36(31-29-35)40-25-17-18-26-41(40)45-51-52-53-56(45)48(37-19-11-8-12-20-37,38-21-13-9-14-22-38)39-23-15-10-16-24-39/h8-26,28-31,34,44H,6-7,27,32-33H2,1-5H3. The number of rotatable bonds is 17. The summed E-state index contributed by atoms with van der Waals surface area (Å²) in [5, 5.41) is 13.8. The van der Waals surface area contributed by atoms with E-state index in [0.717, 1.165) is 57.5 Å². The van der Waals surface area contributed by atoms with E-state index >= 15 is 0 Å². The third-order valence-corrected chi connectivity index (χ3v) is 10.5. The van der Waals surface area contributed by atoms with Crippen molar-refractivity contribution < 1.29 is 9.47 Å². The predicted octanol–water partition coefficient (Wildman–Crippen LogP) is 8.18. The van der Waals surface area contributed by atoms with E-state index in [1.54, 1.807) is 25.1 Å². The number of nitrogens with zero attached hydrogens (tertiary/aromatic N) is 8. The van der Waals surface area contributed by atoms with Crippen LogP contribution in [0.15, 0.2) is 149 Å². The van der Waals surface area contributed by atoms with Gasteiger partial charge in [-0.3, -0.25) is 9.36 Å². The molecule has 0 aliphatic rings. The molecule has 7 rings (SSSR count). The number of aromatic nitrogens is 6. The zero-order valence-corrected chi connectivity index (χ0v) is 34.3. The van der Waals surface area contributed by atoms with Gasteiger partial charge in [-0.1, -0.05) is 153 Å². The molecule has 5 aromatic carbocycles. The van der Waals surface area contributed by atoms with E-state index in [4.69, 9.17) is 24.8 Å². The van der Waals surface area contributed by atoms with Gasteiger partial charge in [0.2, 0.25) is 5.95 Å². The summed E-state index contributed by atoms with van der Waals surface area (Å²) in [6, 6.07) is 47.7. The maximum atomic E-state index is 14.4. The van der Waals surface area contributed by atoms with Crippen LogP contribution in [-0.4, -0.2) is 75.6 Å². The molecule has 0 amide bonds. The summed E-state index contributed by atoms with van der Waals surface area (Å²) >= 11 is 0. The predicted molar refractivity (Wildman–Crippen MR) is 233 cm³/mol. The van der Waals surface area contributed by atoms with Crippen molar-refractivity contribution in [3.05, 3.63) is 183 Å². The molecule has 11 heteroatoms. The van der Waals surface area contributed by atoms with Gasteiger partial charge in [0.05, 0.1) is 18.6 Å². The van der Waals surface area contributed by atoms with Crippen LogP contribution in [0.25, 0.3) is 22.5 Å². The first kappa shape index (κ1) is 40.6. The van der Waals surface area contributed by atoms with Gasteiger partial charge in [0, 0.05) is 45.9 Å². The Morgan fingerprint density at radius 3 is 1.86 bits per heavy atom. The van der Waals surface area contributed by atoms with Crippen molar-refractivity contribution in [1.82, 2.24) is 34.7 Å². The molecule has 11 nitrogen and oxygen atoms in total. The van der Waals surface area contributed by atoms with Crippen LogP contribution in [0.1, 0.15) is 53.3 Å². The lowest BCUT2D eigenvalue weighted by molar-refractivity contribution is -0.111. The van der Waals surface area contributed by atoms with E-state index in [1.165, 1.54) is 0 Å². The fourth-order valence-corrected chi connectivity index (χ4v) is 7.60. The van der Waals surface area contributed by atoms with Gasteiger partial charge in [-0.05, 0) is 56.6 Å². The van der Waals surface area contributed by atoms with E-state index in [-0.39, 0.29) is 12.1 Å². The number of ether oxygens (including phenoxy) is 2. The maximum absolute atomic E-state index is 14.4. The van der Waals surface area contributed by atoms with Gasteiger partial charge in [0.15, 0.2) is 12.1 Å². The van der Waals surface area contributed by atoms with Crippen molar-refractivity contribution in [2.45, 2.75) is 51.0 Å². The van der Waals surface area contributed by atoms with Crippen LogP contribution in [0, 0.1) is 0 Å². The third kappa shape index (κ3) is 8.53. The Morgan fingerprint density at radius 2 is 1.32 bits per heavy atom. The summed E-state index contributed by atoms with van der Waals surface area (Å²) in [4.78, 5) is 25.7. The molecule has 59 heavy (non-hydrogen) atoms. The molecular weight excluding hydrogens is 737 g/mol. The lowest BCUT2D eigenvalue weighted by Crippen LogP contribution is -2.39. The second-order valence-electron chi connectivity index (χ2n) is 14.6. The number of benzene rings is 5. The lowest BCUT2D eigenvalue weighted by atomic mass is 9.77. The van der Waals surface area contributed by atoms with Gasteiger partial charge in [0.1, 0.15) is 5.54 Å². The molecule has 0 saturated heterocycles. The molecule has 300 valence electrons. The quantitative estimate of drug-likeness (QED) is 0.0394. The van der Waals surface area contributed by atoms with E-state index in [1.807, 2.05) is 54.0 Å². The monoisotopic (exact) mass is 786 g/mol. The molecule has 0 radical (unpaired) electrons. The zero-order chi connectivity index (χ0) is 41.2. The first-order valence-electron chi connectivity index (χ1n) is 19.9. The minimum absolute atomic E-state index is 0.148. The SMILES string of the molecule is CCCCc1nc(N=CN(C)C)n(CC(OC)OC)c(=O)c1Cc1ccc(-c2ccccc2-c2nnnn2C(c2ccccc2)(c2ccccc2)c2ccccc2)cc1. The summed E-state index contributed by atoms with van der Waals surface area (Å²) in [6.07, 6.45) is 3.94. The van der Waals surface area contributed by atoms with E-state index < -0.39 is 11.8 Å². The molecule has 0 bridgehead atoms. The fourth-order valence-electron chi connectivity index (χ4n) is 7.60. The highest BCUT2D eigenvalue weighted by Gasteiger charge is 2.42. The molecule has 0 N–H and O–H groups in total. The molecule has 0 saturated carbocycles. The molecule has 0 fully saturated rings. The molecule has 0 unspecified atom stereocenters. The Bertz CT molecular complexity index is 2420. The maximum Gasteiger partial charge on any atom is 0.258 e. The van der Waals surface area contributed by atoms with Crippen LogP contribution >= 0.6 is 0 Å². The summed E-state index contributed by atoms with van der Waals surface area (Å²) in [5.74, 6) is 0.943. The van der Waals surface area contributed by atoms with Gasteiger partial charge in [0.25, 0.3) is 5.56 Å². The van der Waals surface area contributed by atoms with Gasteiger partial charge in [-0.15, -0.1) is 5.10 Å². The summed E-state index contributed by atoms with van der Waals surface area (Å²) in [5.41, 5.74) is 7.24. The van der Waals surface area contributed by atoms with Crippen molar-refractivity contribution >= 4 is 12.3 Å². The Balaban J connectivity index is 1.31. The van der Waals surface area contributed by atoms with Crippen molar-refractivity contribution in [1.29, 1.82) is 0 Å². The third-order valence-electron chi connectivity index (χ3n) is 10.5. The van der Waals surface area contributed by atoms with Gasteiger partial charge in [-0.2, -0.15) is 0 Å². The number of hydrogen-bond acceptors (Lipinski definition) is 8. The Morgan fingerprint density at radius 1 is 0.763 bits per heavy atom. The highest BCUT2D eigenvalue weighted by Crippen LogP contribution is 2.43. The first-order valence-corrected chi connectivity index (χ1v) is 19.9. The second-order valence-corrected chi connectivity index (χ2v) is 14.6. The number of tetrazole rings is 1. The van der Waals surface area contributed by atoms with E-state index in [2.05, 4.69) is 126 Å². The van der Waals surface area contributed by atoms with Crippen molar-refractivity contribution in [3.8, 4) is 22.5 Å². The molecule has 0 atom stereocenters. The van der Waals surface area contributed by atoms with E-state index in [9.17, 15) is 4.79 Å². The van der Waals surface area contributed by atoms with Crippen LogP contribution in [0.5, 0.6) is 0 Å². The van der Waals surface area contributed by atoms with Gasteiger partial charge in [-0.25, -0.2) is 14.7 Å². The molecule has 2 heterocycles. The Hall–Kier alpha value is -6.56. The highest BCUT2D eigenvalue weighted by atomic mass is 16.7. The topological polar surface area (TPSA) is 113 Å². The molecular formula is C48H50N8O3. The average molecular weight is 787 g/mol. The minimum atomic E-state index is -0.893. The van der Waals surface area contributed by atoms with Crippen LogP contribution in [-0.2, 0) is 34.4 Å². The normalized spacial score (nSPS) is 11.8. The van der Waals surface area contributed by atoms with Crippen LogP contribution in [0.4, 0.5) is 5.95 Å². The number of unbranched alkanes of at least 4 members (excludes halogenated alkanes) is 1. The van der Waals surface area contributed by atoms with E-state index in [0.29, 0.717) is 30.2 Å². The largest absolute Gasteiger partial charge is 0.369 e. The fraction of sp³-hybridized carbons (Fsp3) is 0.250. The summed E-state index contributed by atoms with van der Waals surface area (Å²) in [7, 11) is 6.86. The van der Waals surface area contributed by atoms with Crippen LogP contribution in [0.3, 0.4) is 0 Å². The summed E-state index contributed by atoms with van der Waals surface area (Å²) < 4.78 is 14.5. The van der Waals surface area contributed by atoms with Crippen molar-refractivity contribution in [3.63, 3.8) is 0 Å². The highest BCUT2D eigenvalue weighted by molar-refractivity contribution is 5.81.